The predicted octanol–water partition coefficient (Wildman–Crippen LogP) is 1.48. The average molecular weight is 282 g/mol. The molecule has 0 amide bonds. The van der Waals surface area contributed by atoms with E-state index in [1.165, 1.54) is 0 Å². The third-order valence-corrected chi connectivity index (χ3v) is 2.83. The van der Waals surface area contributed by atoms with Crippen LogP contribution in [0.1, 0.15) is 11.3 Å². The molecule has 0 spiro atoms. The molecular weight excluding hydrogens is 270 g/mol. The van der Waals surface area contributed by atoms with Gasteiger partial charge in [0.15, 0.2) is 0 Å². The van der Waals surface area contributed by atoms with Crippen LogP contribution in [0.2, 0.25) is 0 Å². The minimum absolute atomic E-state index is 0.187. The van der Waals surface area contributed by atoms with Gasteiger partial charge < -0.3 is 4.90 Å². The Hall–Kier alpha value is -1.53. The molecule has 0 radical (unpaired) electrons. The maximum absolute atomic E-state index is 8.74. The number of nitrogens with zero attached hydrogens (tertiary/aromatic N) is 5. The van der Waals surface area contributed by atoms with Crippen molar-refractivity contribution in [3.8, 4) is 12.1 Å². The van der Waals surface area contributed by atoms with Gasteiger partial charge in [0.2, 0.25) is 0 Å². The second-order valence-electron chi connectivity index (χ2n) is 3.32. The maximum Gasteiger partial charge on any atom is 0.132 e. The second-order valence-corrected chi connectivity index (χ2v) is 3.88. The lowest BCUT2D eigenvalue weighted by molar-refractivity contribution is 0.731. The summed E-state index contributed by atoms with van der Waals surface area (Å²) in [6.45, 7) is 2.29. The maximum atomic E-state index is 8.74. The van der Waals surface area contributed by atoms with Crippen LogP contribution in [0.3, 0.4) is 0 Å². The first-order valence-corrected chi connectivity index (χ1v) is 5.85. The van der Waals surface area contributed by atoms with E-state index < -0.39 is 0 Å². The number of aromatic nitrogens is 2. The van der Waals surface area contributed by atoms with E-state index in [0.717, 1.165) is 17.1 Å². The van der Waals surface area contributed by atoms with Gasteiger partial charge in [-0.05, 0) is 6.92 Å². The first kappa shape index (κ1) is 12.5. The van der Waals surface area contributed by atoms with Gasteiger partial charge >= 0.3 is 0 Å². The number of aryl methyl sites for hydroxylation is 2. The van der Waals surface area contributed by atoms with Crippen LogP contribution in [0, 0.1) is 29.6 Å². The SMILES string of the molecule is Cc1nn(C)c(N(CC#N)CC#N)c1CBr. The van der Waals surface area contributed by atoms with E-state index in [9.17, 15) is 0 Å². The molecule has 0 saturated heterocycles. The van der Waals surface area contributed by atoms with Gasteiger partial charge in [0.05, 0.1) is 17.8 Å². The monoisotopic (exact) mass is 281 g/mol. The van der Waals surface area contributed by atoms with Crippen molar-refractivity contribution in [1.82, 2.24) is 9.78 Å². The fraction of sp³-hybridized carbons (Fsp3) is 0.500. The number of hydrogen-bond acceptors (Lipinski definition) is 4. The summed E-state index contributed by atoms with van der Waals surface area (Å²) < 4.78 is 1.71. The minimum Gasteiger partial charge on any atom is -0.330 e. The Balaban J connectivity index is 3.18. The summed E-state index contributed by atoms with van der Waals surface area (Å²) in [7, 11) is 1.82. The lowest BCUT2D eigenvalue weighted by atomic mass is 10.2. The molecule has 0 aromatic carbocycles. The standard InChI is InChI=1S/C10H12BrN5/c1-8-9(7-11)10(15(2)14-8)16(5-3-12)6-4-13/h5-7H2,1-2H3. The number of rotatable bonds is 4. The van der Waals surface area contributed by atoms with Crippen molar-refractivity contribution in [2.75, 3.05) is 18.0 Å². The molecule has 0 aliphatic carbocycles. The Morgan fingerprint density at radius 1 is 1.38 bits per heavy atom. The van der Waals surface area contributed by atoms with Crippen molar-refractivity contribution in [3.63, 3.8) is 0 Å². The molecule has 1 aromatic heterocycles. The van der Waals surface area contributed by atoms with E-state index in [1.54, 1.807) is 9.58 Å². The molecule has 6 heteroatoms. The van der Waals surface area contributed by atoms with E-state index in [1.807, 2.05) is 14.0 Å². The number of nitriles is 2. The smallest absolute Gasteiger partial charge is 0.132 e. The fourth-order valence-electron chi connectivity index (χ4n) is 1.62. The van der Waals surface area contributed by atoms with Gasteiger partial charge in [-0.1, -0.05) is 15.9 Å². The quantitative estimate of drug-likeness (QED) is 0.619. The summed E-state index contributed by atoms with van der Waals surface area (Å²) in [5, 5.41) is 22.4. The normalized spacial score (nSPS) is 9.56. The van der Waals surface area contributed by atoms with Gasteiger partial charge in [0, 0.05) is 17.9 Å². The van der Waals surface area contributed by atoms with Crippen LogP contribution in [-0.2, 0) is 12.4 Å². The molecule has 0 fully saturated rings. The second kappa shape index (κ2) is 5.53. The van der Waals surface area contributed by atoms with Crippen molar-refractivity contribution >= 4 is 21.7 Å². The molecule has 0 saturated carbocycles. The molecule has 0 N–H and O–H groups in total. The van der Waals surface area contributed by atoms with Gasteiger partial charge in [-0.2, -0.15) is 15.6 Å². The van der Waals surface area contributed by atoms with Crippen LogP contribution in [0.5, 0.6) is 0 Å². The van der Waals surface area contributed by atoms with Gasteiger partial charge in [-0.25, -0.2) is 0 Å². The largest absolute Gasteiger partial charge is 0.330 e. The number of anilines is 1. The van der Waals surface area contributed by atoms with Crippen molar-refractivity contribution in [2.45, 2.75) is 12.3 Å². The summed E-state index contributed by atoms with van der Waals surface area (Å²) in [6, 6.07) is 4.11. The summed E-state index contributed by atoms with van der Waals surface area (Å²) in [4.78, 5) is 1.72. The molecule has 1 rings (SSSR count). The van der Waals surface area contributed by atoms with Crippen molar-refractivity contribution in [1.29, 1.82) is 10.5 Å². The highest BCUT2D eigenvalue weighted by Crippen LogP contribution is 2.25. The Labute approximate surface area is 103 Å². The Bertz CT molecular complexity index is 435. The molecule has 5 nitrogen and oxygen atoms in total. The summed E-state index contributed by atoms with van der Waals surface area (Å²) in [5.41, 5.74) is 1.93. The summed E-state index contributed by atoms with van der Waals surface area (Å²) in [5.74, 6) is 0.831. The Morgan fingerprint density at radius 2 is 1.94 bits per heavy atom. The molecule has 1 heterocycles. The zero-order chi connectivity index (χ0) is 12.1. The summed E-state index contributed by atoms with van der Waals surface area (Å²) >= 11 is 3.40. The van der Waals surface area contributed by atoms with Crippen LogP contribution in [0.4, 0.5) is 5.82 Å². The molecule has 0 unspecified atom stereocenters. The molecule has 1 aromatic rings. The van der Waals surface area contributed by atoms with Gasteiger partial charge in [-0.3, -0.25) is 4.68 Å². The van der Waals surface area contributed by atoms with Gasteiger partial charge in [-0.15, -0.1) is 0 Å². The summed E-state index contributed by atoms with van der Waals surface area (Å²) in [6.07, 6.45) is 0. The zero-order valence-electron chi connectivity index (χ0n) is 9.24. The average Bonchev–Trinajstić information content (AvgIpc) is 2.52. The van der Waals surface area contributed by atoms with Crippen LogP contribution < -0.4 is 4.90 Å². The molecule has 0 bridgehead atoms. The number of alkyl halides is 1. The molecule has 84 valence electrons. The highest BCUT2D eigenvalue weighted by Gasteiger charge is 2.18. The number of halogens is 1. The van der Waals surface area contributed by atoms with Crippen molar-refractivity contribution in [3.05, 3.63) is 11.3 Å². The molecule has 0 aliphatic rings. The highest BCUT2D eigenvalue weighted by molar-refractivity contribution is 9.08. The molecule has 0 aliphatic heterocycles. The minimum atomic E-state index is 0.187. The van der Waals surface area contributed by atoms with E-state index in [4.69, 9.17) is 10.5 Å². The zero-order valence-corrected chi connectivity index (χ0v) is 10.8. The van der Waals surface area contributed by atoms with E-state index >= 15 is 0 Å². The molecule has 16 heavy (non-hydrogen) atoms. The lowest BCUT2D eigenvalue weighted by Gasteiger charge is -2.19. The topological polar surface area (TPSA) is 68.6 Å². The molecular formula is C10H12BrN5. The Kier molecular flexibility index (Phi) is 4.33. The van der Waals surface area contributed by atoms with Crippen molar-refractivity contribution in [2.24, 2.45) is 7.05 Å². The predicted molar refractivity (Wildman–Crippen MR) is 64.0 cm³/mol. The molecule has 0 atom stereocenters. The van der Waals surface area contributed by atoms with E-state index in [-0.39, 0.29) is 13.1 Å². The van der Waals surface area contributed by atoms with Gasteiger partial charge in [0.25, 0.3) is 0 Å². The Morgan fingerprint density at radius 3 is 2.38 bits per heavy atom. The van der Waals surface area contributed by atoms with Crippen LogP contribution in [0.25, 0.3) is 0 Å². The third kappa shape index (κ3) is 2.34. The highest BCUT2D eigenvalue weighted by atomic mass is 79.9. The first-order chi connectivity index (χ1) is 7.65. The van der Waals surface area contributed by atoms with Crippen LogP contribution in [-0.4, -0.2) is 22.9 Å². The van der Waals surface area contributed by atoms with Crippen molar-refractivity contribution < 1.29 is 0 Å². The van der Waals surface area contributed by atoms with Gasteiger partial charge in [0.1, 0.15) is 18.9 Å². The fourth-order valence-corrected chi connectivity index (χ4v) is 2.27. The third-order valence-electron chi connectivity index (χ3n) is 2.27. The van der Waals surface area contributed by atoms with Crippen LogP contribution >= 0.6 is 15.9 Å². The number of hydrogen-bond donors (Lipinski definition) is 0. The van der Waals surface area contributed by atoms with E-state index in [2.05, 4.69) is 33.2 Å². The van der Waals surface area contributed by atoms with E-state index in [0.29, 0.717) is 5.33 Å². The first-order valence-electron chi connectivity index (χ1n) is 4.73. The van der Waals surface area contributed by atoms with Crippen LogP contribution in [0.15, 0.2) is 0 Å². The lowest BCUT2D eigenvalue weighted by Crippen LogP contribution is -2.27.